The minimum Gasteiger partial charge on any atom is -0.497 e. The highest BCUT2D eigenvalue weighted by atomic mass is 16.5. The Bertz CT molecular complexity index is 1190. The van der Waals surface area contributed by atoms with Crippen molar-refractivity contribution >= 4 is 5.69 Å². The average Bonchev–Trinajstić information content (AvgIpc) is 3.14. The number of nitrogens with one attached hydrogen (secondary N) is 1. The van der Waals surface area contributed by atoms with Gasteiger partial charge in [0.25, 0.3) is 5.56 Å². The second-order valence-corrected chi connectivity index (χ2v) is 8.17. The topological polar surface area (TPSA) is 65.4 Å². The van der Waals surface area contributed by atoms with Crippen LogP contribution in [0.15, 0.2) is 47.3 Å². The number of anilines is 1. The molecule has 1 aromatic heterocycles. The molecule has 0 saturated carbocycles. The lowest BCUT2D eigenvalue weighted by atomic mass is 10.1. The third kappa shape index (κ3) is 3.91. The van der Waals surface area contributed by atoms with Gasteiger partial charge in [0, 0.05) is 25.6 Å². The number of hydrogen-bond donors (Lipinski definition) is 1. The van der Waals surface area contributed by atoms with Crippen LogP contribution in [0.2, 0.25) is 0 Å². The van der Waals surface area contributed by atoms with Crippen molar-refractivity contribution < 1.29 is 9.47 Å². The highest BCUT2D eigenvalue weighted by Gasteiger charge is 2.34. The van der Waals surface area contributed by atoms with Crippen LogP contribution in [0, 0.1) is 6.92 Å². The van der Waals surface area contributed by atoms with Crippen LogP contribution >= 0.6 is 0 Å². The van der Waals surface area contributed by atoms with Crippen LogP contribution in [-0.2, 0) is 24.6 Å². The fourth-order valence-corrected chi connectivity index (χ4v) is 4.56. The van der Waals surface area contributed by atoms with Crippen LogP contribution in [-0.4, -0.2) is 29.4 Å². The van der Waals surface area contributed by atoms with E-state index in [1.54, 1.807) is 18.7 Å². The first-order chi connectivity index (χ1) is 15.5. The van der Waals surface area contributed by atoms with Crippen molar-refractivity contribution in [2.75, 3.05) is 19.0 Å². The fraction of sp³-hybridized carbons (Fsp3) is 0.385. The Labute approximate surface area is 189 Å². The van der Waals surface area contributed by atoms with E-state index in [1.807, 2.05) is 51.1 Å². The van der Waals surface area contributed by atoms with E-state index in [1.165, 1.54) is 11.1 Å². The predicted molar refractivity (Wildman–Crippen MR) is 128 cm³/mol. The molecule has 1 aliphatic carbocycles. The Hall–Kier alpha value is -3.12. The fourth-order valence-electron chi connectivity index (χ4n) is 4.56. The zero-order valence-corrected chi connectivity index (χ0v) is 19.4. The molecular formula is C26H31N3O3. The average molecular weight is 434 g/mol. The van der Waals surface area contributed by atoms with Gasteiger partial charge in [-0.25, -0.2) is 4.98 Å². The summed E-state index contributed by atoms with van der Waals surface area (Å²) in [5.41, 5.74) is 5.61. The van der Waals surface area contributed by atoms with Crippen LogP contribution in [0.1, 0.15) is 42.3 Å². The largest absolute Gasteiger partial charge is 0.497 e. The molecule has 3 aromatic rings. The minimum absolute atomic E-state index is 0.0182. The number of methoxy groups -OCH3 is 1. The first-order valence-electron chi connectivity index (χ1n) is 11.2. The molecule has 2 atom stereocenters. The lowest BCUT2D eigenvalue weighted by Crippen LogP contribution is -2.31. The molecule has 32 heavy (non-hydrogen) atoms. The molecule has 1 N–H and O–H groups in total. The normalized spacial score (nSPS) is 17.3. The molecule has 0 saturated heterocycles. The van der Waals surface area contributed by atoms with Crippen LogP contribution in [0.5, 0.6) is 5.75 Å². The molecule has 1 aliphatic rings. The highest BCUT2D eigenvalue weighted by Crippen LogP contribution is 2.36. The molecule has 1 heterocycles. The summed E-state index contributed by atoms with van der Waals surface area (Å²) in [6.45, 7) is 6.66. The molecule has 0 radical (unpaired) electrons. The maximum absolute atomic E-state index is 13.5. The van der Waals surface area contributed by atoms with Gasteiger partial charge >= 0.3 is 0 Å². The number of aromatic nitrogens is 2. The predicted octanol–water partition coefficient (Wildman–Crippen LogP) is 4.44. The number of hydrogen-bond acceptors (Lipinski definition) is 5. The van der Waals surface area contributed by atoms with Crippen molar-refractivity contribution in [1.82, 2.24) is 9.55 Å². The lowest BCUT2D eigenvalue weighted by Gasteiger charge is -2.24. The second kappa shape index (κ2) is 9.17. The molecule has 0 aliphatic heterocycles. The van der Waals surface area contributed by atoms with Gasteiger partial charge in [0.2, 0.25) is 0 Å². The molecule has 0 amide bonds. The van der Waals surface area contributed by atoms with E-state index in [4.69, 9.17) is 14.5 Å². The van der Waals surface area contributed by atoms with Crippen LogP contribution in [0.3, 0.4) is 0 Å². The van der Waals surface area contributed by atoms with Crippen molar-refractivity contribution in [3.05, 3.63) is 75.2 Å². The van der Waals surface area contributed by atoms with Crippen molar-refractivity contribution in [2.45, 2.75) is 45.8 Å². The SMILES string of the molecule is CCOC1Cc2ccccc2C1Nc1c(CC)nc(-c2ccc(OC)cc2C)n(C)c1=O. The number of aryl methyl sites for hydroxylation is 2. The Morgan fingerprint density at radius 3 is 2.66 bits per heavy atom. The molecule has 0 bridgehead atoms. The Morgan fingerprint density at radius 1 is 1.19 bits per heavy atom. The summed E-state index contributed by atoms with van der Waals surface area (Å²) in [4.78, 5) is 18.5. The third-order valence-electron chi connectivity index (χ3n) is 6.24. The van der Waals surface area contributed by atoms with E-state index in [0.29, 0.717) is 24.5 Å². The standard InChI is InChI=1S/C26H31N3O3/c1-6-21-24(28-23-20-11-9-8-10-17(20)15-22(23)32-7-2)26(30)29(4)25(27-21)19-13-12-18(31-5)14-16(19)3/h8-14,22-23,28H,6-7,15H2,1-5H3. The minimum atomic E-state index is -0.0838. The smallest absolute Gasteiger partial charge is 0.277 e. The van der Waals surface area contributed by atoms with E-state index < -0.39 is 0 Å². The maximum Gasteiger partial charge on any atom is 0.277 e. The monoisotopic (exact) mass is 433 g/mol. The summed E-state index contributed by atoms with van der Waals surface area (Å²) in [7, 11) is 3.43. The van der Waals surface area contributed by atoms with Gasteiger partial charge in [-0.1, -0.05) is 31.2 Å². The van der Waals surface area contributed by atoms with E-state index in [0.717, 1.165) is 29.0 Å². The van der Waals surface area contributed by atoms with Crippen molar-refractivity contribution in [3.8, 4) is 17.1 Å². The van der Waals surface area contributed by atoms with Gasteiger partial charge in [-0.05, 0) is 55.2 Å². The molecule has 6 heteroatoms. The maximum atomic E-state index is 13.5. The quantitative estimate of drug-likeness (QED) is 0.597. The van der Waals surface area contributed by atoms with E-state index >= 15 is 0 Å². The molecule has 168 valence electrons. The van der Waals surface area contributed by atoms with Gasteiger partial charge in [-0.2, -0.15) is 0 Å². The Balaban J connectivity index is 1.78. The number of rotatable bonds is 7. The van der Waals surface area contributed by atoms with Gasteiger partial charge in [0.1, 0.15) is 17.3 Å². The molecule has 0 fully saturated rings. The van der Waals surface area contributed by atoms with Gasteiger partial charge < -0.3 is 14.8 Å². The van der Waals surface area contributed by atoms with Crippen LogP contribution < -0.4 is 15.6 Å². The summed E-state index contributed by atoms with van der Waals surface area (Å²) >= 11 is 0. The molecule has 0 spiro atoms. The lowest BCUT2D eigenvalue weighted by molar-refractivity contribution is 0.0574. The van der Waals surface area contributed by atoms with Gasteiger partial charge in [0.15, 0.2) is 0 Å². The van der Waals surface area contributed by atoms with Crippen molar-refractivity contribution in [3.63, 3.8) is 0 Å². The van der Waals surface area contributed by atoms with Gasteiger partial charge in [-0.15, -0.1) is 0 Å². The Morgan fingerprint density at radius 2 is 1.97 bits per heavy atom. The first kappa shape index (κ1) is 22.1. The molecule has 2 aromatic carbocycles. The van der Waals surface area contributed by atoms with E-state index in [-0.39, 0.29) is 17.7 Å². The number of nitrogens with zero attached hydrogens (tertiary/aromatic N) is 2. The highest BCUT2D eigenvalue weighted by molar-refractivity contribution is 5.64. The number of fused-ring (bicyclic) bond motifs is 1. The zero-order chi connectivity index (χ0) is 22.8. The summed E-state index contributed by atoms with van der Waals surface area (Å²) in [5, 5.41) is 3.53. The first-order valence-corrected chi connectivity index (χ1v) is 11.2. The number of ether oxygens (including phenoxy) is 2. The van der Waals surface area contributed by atoms with Crippen molar-refractivity contribution in [1.29, 1.82) is 0 Å². The number of benzene rings is 2. The Kier molecular flexibility index (Phi) is 6.33. The molecule has 6 nitrogen and oxygen atoms in total. The second-order valence-electron chi connectivity index (χ2n) is 8.17. The summed E-state index contributed by atoms with van der Waals surface area (Å²) < 4.78 is 13.0. The third-order valence-corrected chi connectivity index (χ3v) is 6.24. The summed E-state index contributed by atoms with van der Waals surface area (Å²) in [6, 6.07) is 14.1. The van der Waals surface area contributed by atoms with E-state index in [9.17, 15) is 4.79 Å². The summed E-state index contributed by atoms with van der Waals surface area (Å²) in [6.07, 6.45) is 1.46. The van der Waals surface area contributed by atoms with E-state index in [2.05, 4.69) is 17.4 Å². The molecule has 4 rings (SSSR count). The molecular weight excluding hydrogens is 402 g/mol. The zero-order valence-electron chi connectivity index (χ0n) is 19.4. The molecule has 2 unspecified atom stereocenters. The van der Waals surface area contributed by atoms with Gasteiger partial charge in [-0.3, -0.25) is 9.36 Å². The van der Waals surface area contributed by atoms with Crippen LogP contribution in [0.25, 0.3) is 11.4 Å². The van der Waals surface area contributed by atoms with Crippen LogP contribution in [0.4, 0.5) is 5.69 Å². The van der Waals surface area contributed by atoms with Crippen molar-refractivity contribution in [2.24, 2.45) is 7.05 Å². The van der Waals surface area contributed by atoms with Gasteiger partial charge in [0.05, 0.1) is 24.9 Å². The summed E-state index contributed by atoms with van der Waals surface area (Å²) in [5.74, 6) is 1.44.